The summed E-state index contributed by atoms with van der Waals surface area (Å²) in [6, 6.07) is 17.5. The SMILES string of the molecule is CCC[CH-]CCC1C=Cc2ccccc21.CCC[CH-]CCC1C=Cc2ccccc21.[CH2-]C.[Cl][Zr][Cl]. The Balaban J connectivity index is 0.000000296. The predicted molar refractivity (Wildman–Crippen MR) is 156 cm³/mol. The van der Waals surface area contributed by atoms with Crippen LogP contribution in [0.3, 0.4) is 0 Å². The van der Waals surface area contributed by atoms with Gasteiger partial charge in [0.25, 0.3) is 0 Å². The van der Waals surface area contributed by atoms with Crippen molar-refractivity contribution in [3.63, 3.8) is 0 Å². The number of fused-ring (bicyclic) bond motifs is 2. The number of unbranched alkanes of at least 4 members (excludes halogenated alkanes) is 6. The summed E-state index contributed by atoms with van der Waals surface area (Å²) in [6.45, 7) is 9.47. The van der Waals surface area contributed by atoms with Crippen molar-refractivity contribution in [3.8, 4) is 0 Å². The maximum absolute atomic E-state index is 4.93. The molecule has 2 aliphatic rings. The summed E-state index contributed by atoms with van der Waals surface area (Å²) in [6.07, 6.45) is 24.2. The summed E-state index contributed by atoms with van der Waals surface area (Å²) in [4.78, 5) is 0. The Morgan fingerprint density at radius 3 is 1.43 bits per heavy atom. The van der Waals surface area contributed by atoms with Crippen LogP contribution in [0.25, 0.3) is 12.2 Å². The molecule has 0 nitrogen and oxygen atoms in total. The molecule has 0 N–H and O–H groups in total. The molecule has 0 fully saturated rings. The van der Waals surface area contributed by atoms with Crippen LogP contribution >= 0.6 is 17.0 Å². The Bertz CT molecular complexity index is 773. The fourth-order valence-electron chi connectivity index (χ4n) is 4.44. The second-order valence-electron chi connectivity index (χ2n) is 8.57. The van der Waals surface area contributed by atoms with E-state index in [1.54, 1.807) is 6.92 Å². The molecule has 2 aromatic rings. The van der Waals surface area contributed by atoms with Gasteiger partial charge in [0.05, 0.1) is 0 Å². The Morgan fingerprint density at radius 1 is 0.686 bits per heavy atom. The normalized spacial score (nSPS) is 16.1. The molecule has 2 aliphatic carbocycles. The predicted octanol–water partition coefficient (Wildman–Crippen LogP) is 11.4. The van der Waals surface area contributed by atoms with Gasteiger partial charge in [-0.25, -0.2) is 0 Å². The summed E-state index contributed by atoms with van der Waals surface area (Å²) in [5.74, 6) is 1.32. The van der Waals surface area contributed by atoms with Crippen LogP contribution in [0.2, 0.25) is 0 Å². The van der Waals surface area contributed by atoms with Crippen molar-refractivity contribution in [1.82, 2.24) is 0 Å². The fourth-order valence-corrected chi connectivity index (χ4v) is 4.44. The quantitative estimate of drug-likeness (QED) is 0.191. The van der Waals surface area contributed by atoms with Crippen LogP contribution in [0.1, 0.15) is 106 Å². The van der Waals surface area contributed by atoms with Crippen molar-refractivity contribution < 1.29 is 20.8 Å². The maximum atomic E-state index is 4.93. The topological polar surface area (TPSA) is 0 Å². The summed E-state index contributed by atoms with van der Waals surface area (Å²) in [5, 5.41) is 0. The summed E-state index contributed by atoms with van der Waals surface area (Å²) in [7, 11) is 9.87. The molecule has 2 unspecified atom stereocenters. The molecule has 4 rings (SSSR count). The van der Waals surface area contributed by atoms with Gasteiger partial charge in [-0.05, 0) is 22.3 Å². The van der Waals surface area contributed by atoms with E-state index in [0.717, 1.165) is 0 Å². The summed E-state index contributed by atoms with van der Waals surface area (Å²) in [5.41, 5.74) is 5.86. The van der Waals surface area contributed by atoms with Gasteiger partial charge in [0.15, 0.2) is 0 Å². The number of hydrogen-bond acceptors (Lipinski definition) is 0. The second-order valence-corrected chi connectivity index (χ2v) is 12.3. The van der Waals surface area contributed by atoms with Crippen molar-refractivity contribution in [2.24, 2.45) is 0 Å². The molecule has 0 saturated carbocycles. The minimum absolute atomic E-state index is 0.661. The Morgan fingerprint density at radius 2 is 1.06 bits per heavy atom. The third kappa shape index (κ3) is 12.5. The van der Waals surface area contributed by atoms with Crippen molar-refractivity contribution >= 4 is 29.2 Å². The van der Waals surface area contributed by atoms with Crippen LogP contribution in [0.5, 0.6) is 0 Å². The molecule has 2 atom stereocenters. The van der Waals surface area contributed by atoms with Gasteiger partial charge in [0.1, 0.15) is 0 Å². The van der Waals surface area contributed by atoms with E-state index in [2.05, 4.69) is 106 Å². The number of benzene rings is 2. The monoisotopic (exact) mass is 587 g/mol. The molecule has 0 amide bonds. The number of rotatable bonds is 10. The van der Waals surface area contributed by atoms with Gasteiger partial charge in [0.2, 0.25) is 0 Å². The van der Waals surface area contributed by atoms with E-state index in [9.17, 15) is 0 Å². The zero-order valence-corrected chi connectivity index (χ0v) is 25.8. The second kappa shape index (κ2) is 21.5. The standard InChI is InChI=1S/2C15H19.C2H5.2ClH.Zr/c2*1-2-3-4-5-8-13-11-12-14-9-6-7-10-15(13)14;1-2;;;/h2*4,6-7,9-13H,2-3,5,8H2,1H3;1H2,2H3;2*1H;/q3*-1;;;+2/p-2. The van der Waals surface area contributed by atoms with Gasteiger partial charge in [0, 0.05) is 11.8 Å². The molecule has 0 aromatic heterocycles. The zero-order chi connectivity index (χ0) is 25.7. The van der Waals surface area contributed by atoms with Crippen LogP contribution in [0.4, 0.5) is 0 Å². The Labute approximate surface area is 235 Å². The summed E-state index contributed by atoms with van der Waals surface area (Å²) >= 11 is -0.826. The van der Waals surface area contributed by atoms with E-state index in [1.165, 1.54) is 73.6 Å². The van der Waals surface area contributed by atoms with Gasteiger partial charge in [-0.15, -0.1) is 0 Å². The van der Waals surface area contributed by atoms with Crippen LogP contribution in [-0.4, -0.2) is 0 Å². The molecule has 0 spiro atoms. The molecule has 0 radical (unpaired) electrons. The van der Waals surface area contributed by atoms with Crippen LogP contribution < -0.4 is 0 Å². The average molecular weight is 590 g/mol. The van der Waals surface area contributed by atoms with Gasteiger partial charge < -0.3 is 19.8 Å². The molecule has 0 heterocycles. The molecule has 2 aromatic carbocycles. The van der Waals surface area contributed by atoms with Crippen molar-refractivity contribution in [1.29, 1.82) is 0 Å². The van der Waals surface area contributed by atoms with E-state index in [4.69, 9.17) is 17.0 Å². The average Bonchev–Trinajstić information content (AvgIpc) is 3.51. The van der Waals surface area contributed by atoms with Crippen molar-refractivity contribution in [3.05, 3.63) is 103 Å². The van der Waals surface area contributed by atoms with E-state index >= 15 is 0 Å². The van der Waals surface area contributed by atoms with Crippen LogP contribution in [0, 0.1) is 19.8 Å². The van der Waals surface area contributed by atoms with Crippen molar-refractivity contribution in [2.75, 3.05) is 0 Å². The number of hydrogen-bond donors (Lipinski definition) is 0. The fraction of sp³-hybridized carbons (Fsp3) is 0.406. The first kappa shape index (κ1) is 32.4. The molecule has 0 saturated heterocycles. The molecule has 3 heteroatoms. The number of allylic oxidation sites excluding steroid dienone is 2. The minimum atomic E-state index is -0.826. The van der Waals surface area contributed by atoms with E-state index < -0.39 is 20.8 Å². The van der Waals surface area contributed by atoms with Crippen LogP contribution in [0.15, 0.2) is 60.7 Å². The first-order chi connectivity index (χ1) is 17.2. The molecule has 0 aliphatic heterocycles. The molecular weight excluding hydrogens is 546 g/mol. The third-order valence-electron chi connectivity index (χ3n) is 6.16. The molecule has 0 bridgehead atoms. The van der Waals surface area contributed by atoms with E-state index in [0.29, 0.717) is 11.8 Å². The van der Waals surface area contributed by atoms with Crippen LogP contribution in [-0.2, 0) is 20.8 Å². The molecular formula is C32H43Cl2Zr-3. The van der Waals surface area contributed by atoms with Gasteiger partial charge >= 0.3 is 37.9 Å². The zero-order valence-electron chi connectivity index (χ0n) is 21.9. The van der Waals surface area contributed by atoms with E-state index in [1.807, 2.05) is 0 Å². The number of halogens is 2. The Hall–Kier alpha value is -0.617. The molecule has 192 valence electrons. The molecule has 35 heavy (non-hydrogen) atoms. The van der Waals surface area contributed by atoms with Crippen molar-refractivity contribution in [2.45, 2.75) is 84.0 Å². The van der Waals surface area contributed by atoms with Gasteiger partial charge in [-0.2, -0.15) is 32.6 Å². The van der Waals surface area contributed by atoms with Gasteiger partial charge in [-0.1, -0.05) is 112 Å². The first-order valence-electron chi connectivity index (χ1n) is 13.1. The Kier molecular flexibility index (Phi) is 19.9. The van der Waals surface area contributed by atoms with E-state index in [-0.39, 0.29) is 0 Å². The van der Waals surface area contributed by atoms with Gasteiger partial charge in [-0.3, -0.25) is 0 Å². The third-order valence-corrected chi connectivity index (χ3v) is 6.16. The summed E-state index contributed by atoms with van der Waals surface area (Å²) < 4.78 is 0. The first-order valence-corrected chi connectivity index (χ1v) is 19.4.